The van der Waals surface area contributed by atoms with Gasteiger partial charge in [0.15, 0.2) is 5.69 Å². The van der Waals surface area contributed by atoms with Crippen LogP contribution in [-0.2, 0) is 13.2 Å². The number of carbonyl (C=O) groups excluding carboxylic acids is 1. The Bertz CT molecular complexity index is 553. The minimum absolute atomic E-state index is 0.142. The van der Waals surface area contributed by atoms with Gasteiger partial charge in [0.1, 0.15) is 0 Å². The first kappa shape index (κ1) is 16.8. The van der Waals surface area contributed by atoms with Gasteiger partial charge in [-0.2, -0.15) is 18.3 Å². The summed E-state index contributed by atoms with van der Waals surface area (Å²) in [6, 6.07) is 0.142. The molecule has 0 aromatic carbocycles. The molecule has 0 bridgehead atoms. The van der Waals surface area contributed by atoms with Gasteiger partial charge in [0, 0.05) is 38.9 Å². The molecule has 1 aromatic heterocycles. The van der Waals surface area contributed by atoms with Gasteiger partial charge in [0.25, 0.3) is 5.91 Å². The molecule has 5 nitrogen and oxygen atoms in total. The molecule has 1 amide bonds. The van der Waals surface area contributed by atoms with Crippen molar-refractivity contribution < 1.29 is 18.0 Å². The van der Waals surface area contributed by atoms with E-state index in [1.807, 2.05) is 20.9 Å². The Balaban J connectivity index is 2.26. The number of amides is 1. The predicted octanol–water partition coefficient (Wildman–Crippen LogP) is 1.85. The SMILES string of the molecule is CC(C)[C@H]1CN(C(=O)c2cn(C)nc2C(F)(F)F)CCN1C. The lowest BCUT2D eigenvalue weighted by Gasteiger charge is -2.41. The van der Waals surface area contributed by atoms with Crippen molar-refractivity contribution in [2.24, 2.45) is 13.0 Å². The normalized spacial score (nSPS) is 20.7. The van der Waals surface area contributed by atoms with E-state index < -0.39 is 17.8 Å². The summed E-state index contributed by atoms with van der Waals surface area (Å²) in [7, 11) is 3.35. The first-order valence-corrected chi connectivity index (χ1v) is 7.21. The summed E-state index contributed by atoms with van der Waals surface area (Å²) >= 11 is 0. The van der Waals surface area contributed by atoms with E-state index in [0.29, 0.717) is 25.6 Å². The van der Waals surface area contributed by atoms with Crippen LogP contribution in [0.1, 0.15) is 29.9 Å². The Hall–Kier alpha value is -1.57. The van der Waals surface area contributed by atoms with Crippen LogP contribution >= 0.6 is 0 Å². The maximum Gasteiger partial charge on any atom is 0.435 e. The molecule has 1 saturated heterocycles. The first-order chi connectivity index (χ1) is 10.1. The Labute approximate surface area is 127 Å². The van der Waals surface area contributed by atoms with Gasteiger partial charge in [-0.05, 0) is 13.0 Å². The van der Waals surface area contributed by atoms with E-state index in [1.54, 1.807) is 0 Å². The standard InChI is InChI=1S/C14H21F3N4O/c1-9(2)11-8-21(6-5-19(11)3)13(22)10-7-20(4)18-12(10)14(15,16)17/h7,9,11H,5-6,8H2,1-4H3/t11-/m1/s1. The summed E-state index contributed by atoms with van der Waals surface area (Å²) in [5.74, 6) is -0.282. The smallest absolute Gasteiger partial charge is 0.336 e. The molecule has 8 heteroatoms. The van der Waals surface area contributed by atoms with Gasteiger partial charge in [-0.1, -0.05) is 13.8 Å². The van der Waals surface area contributed by atoms with Crippen LogP contribution in [-0.4, -0.2) is 58.2 Å². The molecule has 2 heterocycles. The molecule has 1 atom stereocenters. The van der Waals surface area contributed by atoms with Gasteiger partial charge >= 0.3 is 6.18 Å². The predicted molar refractivity (Wildman–Crippen MR) is 75.4 cm³/mol. The largest absolute Gasteiger partial charge is 0.435 e. The van der Waals surface area contributed by atoms with Crippen molar-refractivity contribution in [3.63, 3.8) is 0 Å². The highest BCUT2D eigenvalue weighted by Gasteiger charge is 2.40. The highest BCUT2D eigenvalue weighted by Crippen LogP contribution is 2.31. The lowest BCUT2D eigenvalue weighted by molar-refractivity contribution is -0.141. The fourth-order valence-corrected chi connectivity index (χ4v) is 2.83. The molecule has 1 aromatic rings. The topological polar surface area (TPSA) is 41.4 Å². The molecule has 1 aliphatic heterocycles. The minimum atomic E-state index is -4.63. The Morgan fingerprint density at radius 2 is 1.95 bits per heavy atom. The second-order valence-corrected chi connectivity index (χ2v) is 6.11. The second-order valence-electron chi connectivity index (χ2n) is 6.11. The molecule has 0 saturated carbocycles. The van der Waals surface area contributed by atoms with Crippen molar-refractivity contribution in [1.82, 2.24) is 19.6 Å². The maximum atomic E-state index is 13.0. The summed E-state index contributed by atoms with van der Waals surface area (Å²) in [5, 5.41) is 3.40. The van der Waals surface area contributed by atoms with Gasteiger partial charge in [0.05, 0.1) is 5.56 Å². The first-order valence-electron chi connectivity index (χ1n) is 7.21. The molecule has 0 radical (unpaired) electrons. The van der Waals surface area contributed by atoms with Crippen molar-refractivity contribution in [3.8, 4) is 0 Å². The summed E-state index contributed by atoms with van der Waals surface area (Å²) < 4.78 is 40.0. The lowest BCUT2D eigenvalue weighted by atomic mass is 9.99. The van der Waals surface area contributed by atoms with E-state index in [9.17, 15) is 18.0 Å². The molecular weight excluding hydrogens is 297 g/mol. The third-order valence-electron chi connectivity index (χ3n) is 4.08. The second kappa shape index (κ2) is 5.91. The van der Waals surface area contributed by atoms with Crippen molar-refractivity contribution in [3.05, 3.63) is 17.5 Å². The van der Waals surface area contributed by atoms with E-state index >= 15 is 0 Å². The summed E-state index contributed by atoms with van der Waals surface area (Å²) in [6.45, 7) is 5.58. The summed E-state index contributed by atoms with van der Waals surface area (Å²) in [5.41, 5.74) is -1.48. The Morgan fingerprint density at radius 3 is 2.50 bits per heavy atom. The monoisotopic (exact) mass is 318 g/mol. The lowest BCUT2D eigenvalue weighted by Crippen LogP contribution is -2.55. The molecule has 0 aliphatic carbocycles. The number of rotatable bonds is 2. The van der Waals surface area contributed by atoms with Crippen molar-refractivity contribution in [1.29, 1.82) is 0 Å². The number of halogens is 3. The molecule has 0 unspecified atom stereocenters. The van der Waals surface area contributed by atoms with E-state index in [-0.39, 0.29) is 11.6 Å². The molecule has 1 aliphatic rings. The number of nitrogens with zero attached hydrogens (tertiary/aromatic N) is 4. The maximum absolute atomic E-state index is 13.0. The van der Waals surface area contributed by atoms with Crippen LogP contribution in [0.5, 0.6) is 0 Å². The Kier molecular flexibility index (Phi) is 4.51. The fraction of sp³-hybridized carbons (Fsp3) is 0.714. The molecule has 124 valence electrons. The van der Waals surface area contributed by atoms with Crippen LogP contribution in [0.25, 0.3) is 0 Å². The van der Waals surface area contributed by atoms with Crippen molar-refractivity contribution in [2.75, 3.05) is 26.7 Å². The molecule has 0 N–H and O–H groups in total. The summed E-state index contributed by atoms with van der Waals surface area (Å²) in [6.07, 6.45) is -3.48. The number of alkyl halides is 3. The third kappa shape index (κ3) is 3.26. The van der Waals surface area contributed by atoms with Crippen LogP contribution in [0.4, 0.5) is 13.2 Å². The van der Waals surface area contributed by atoms with Gasteiger partial charge in [0.2, 0.25) is 0 Å². The quantitative estimate of drug-likeness (QED) is 0.836. The van der Waals surface area contributed by atoms with Gasteiger partial charge < -0.3 is 4.90 Å². The Morgan fingerprint density at radius 1 is 1.32 bits per heavy atom. The zero-order chi connectivity index (χ0) is 16.7. The number of carbonyl (C=O) groups is 1. The highest BCUT2D eigenvalue weighted by molar-refractivity contribution is 5.95. The average Bonchev–Trinajstić information content (AvgIpc) is 2.80. The summed E-state index contributed by atoms with van der Waals surface area (Å²) in [4.78, 5) is 16.1. The van der Waals surface area contributed by atoms with Gasteiger partial charge in [-0.3, -0.25) is 14.4 Å². The van der Waals surface area contributed by atoms with Gasteiger partial charge in [-0.15, -0.1) is 0 Å². The average molecular weight is 318 g/mol. The number of hydrogen-bond donors (Lipinski definition) is 0. The van der Waals surface area contributed by atoms with Crippen LogP contribution in [0.3, 0.4) is 0 Å². The number of aromatic nitrogens is 2. The van der Waals surface area contributed by atoms with Crippen LogP contribution in [0, 0.1) is 5.92 Å². The zero-order valence-corrected chi connectivity index (χ0v) is 13.2. The molecule has 22 heavy (non-hydrogen) atoms. The van der Waals surface area contributed by atoms with E-state index in [4.69, 9.17) is 0 Å². The van der Waals surface area contributed by atoms with E-state index in [0.717, 1.165) is 10.9 Å². The van der Waals surface area contributed by atoms with Crippen molar-refractivity contribution >= 4 is 5.91 Å². The van der Waals surface area contributed by atoms with E-state index in [2.05, 4.69) is 10.00 Å². The fourth-order valence-electron chi connectivity index (χ4n) is 2.83. The van der Waals surface area contributed by atoms with Gasteiger partial charge in [-0.25, -0.2) is 0 Å². The highest BCUT2D eigenvalue weighted by atomic mass is 19.4. The van der Waals surface area contributed by atoms with Crippen LogP contribution < -0.4 is 0 Å². The third-order valence-corrected chi connectivity index (χ3v) is 4.08. The number of hydrogen-bond acceptors (Lipinski definition) is 3. The molecular formula is C14H21F3N4O. The zero-order valence-electron chi connectivity index (χ0n) is 13.2. The number of piperazine rings is 1. The molecule has 2 rings (SSSR count). The minimum Gasteiger partial charge on any atom is -0.336 e. The molecule has 0 spiro atoms. The van der Waals surface area contributed by atoms with Crippen molar-refractivity contribution in [2.45, 2.75) is 26.1 Å². The number of aryl methyl sites for hydroxylation is 1. The molecule has 1 fully saturated rings. The van der Waals surface area contributed by atoms with Crippen LogP contribution in [0.2, 0.25) is 0 Å². The van der Waals surface area contributed by atoms with E-state index in [1.165, 1.54) is 11.9 Å². The van der Waals surface area contributed by atoms with Crippen LogP contribution in [0.15, 0.2) is 6.20 Å². The number of likely N-dealkylation sites (N-methyl/N-ethyl adjacent to an activating group) is 1.